The Morgan fingerprint density at radius 1 is 0.889 bits per heavy atom. The van der Waals surface area contributed by atoms with Crippen LogP contribution in [0.2, 0.25) is 0 Å². The maximum Gasteiger partial charge on any atom is 0.177 e. The summed E-state index contributed by atoms with van der Waals surface area (Å²) >= 11 is 0. The third-order valence-electron chi connectivity index (χ3n) is 9.90. The molecule has 228 valence electrons. The lowest BCUT2D eigenvalue weighted by molar-refractivity contribution is 0.122. The molecule has 1 saturated heterocycles. The van der Waals surface area contributed by atoms with Gasteiger partial charge in [0.15, 0.2) is 5.60 Å². The summed E-state index contributed by atoms with van der Waals surface area (Å²) in [6.45, 7) is 6.72. The molecular formula is C39H35F2NO3. The van der Waals surface area contributed by atoms with E-state index in [9.17, 15) is 4.39 Å². The first-order chi connectivity index (χ1) is 21.8. The van der Waals surface area contributed by atoms with Crippen molar-refractivity contribution < 1.29 is 23.0 Å². The number of rotatable bonds is 4. The molecule has 8 rings (SSSR count). The van der Waals surface area contributed by atoms with Crippen molar-refractivity contribution >= 4 is 22.5 Å². The van der Waals surface area contributed by atoms with Gasteiger partial charge in [0, 0.05) is 46.6 Å². The van der Waals surface area contributed by atoms with E-state index in [1.54, 1.807) is 7.11 Å². The lowest BCUT2D eigenvalue weighted by Gasteiger charge is -2.39. The Labute approximate surface area is 262 Å². The van der Waals surface area contributed by atoms with Crippen LogP contribution in [0.1, 0.15) is 48.9 Å². The lowest BCUT2D eigenvalue weighted by Crippen LogP contribution is -2.36. The molecule has 0 radical (unpaired) electrons. The monoisotopic (exact) mass is 603 g/mol. The first kappa shape index (κ1) is 28.1. The van der Waals surface area contributed by atoms with Gasteiger partial charge in [0.1, 0.15) is 23.1 Å². The Kier molecular flexibility index (Phi) is 6.44. The highest BCUT2D eigenvalue weighted by atomic mass is 19.1. The highest BCUT2D eigenvalue weighted by Gasteiger charge is 2.46. The Morgan fingerprint density at radius 3 is 2.42 bits per heavy atom. The molecule has 4 aliphatic rings. The molecule has 0 saturated carbocycles. The molecule has 45 heavy (non-hydrogen) atoms. The van der Waals surface area contributed by atoms with Crippen molar-refractivity contribution in [2.24, 2.45) is 0 Å². The predicted molar refractivity (Wildman–Crippen MR) is 175 cm³/mol. The molecule has 0 N–H and O–H groups in total. The summed E-state index contributed by atoms with van der Waals surface area (Å²) in [6, 6.07) is 16.9. The second-order valence-electron chi connectivity index (χ2n) is 12.8. The summed E-state index contributed by atoms with van der Waals surface area (Å²) in [5, 5.41) is 1.73. The third-order valence-corrected chi connectivity index (χ3v) is 9.90. The quantitative estimate of drug-likeness (QED) is 0.233. The van der Waals surface area contributed by atoms with Crippen molar-refractivity contribution in [2.45, 2.75) is 37.7 Å². The van der Waals surface area contributed by atoms with Crippen molar-refractivity contribution in [1.82, 2.24) is 0 Å². The molecule has 2 aliphatic heterocycles. The summed E-state index contributed by atoms with van der Waals surface area (Å²) in [4.78, 5) is 2.26. The molecule has 4 aromatic carbocycles. The molecule has 0 amide bonds. The number of hydrogen-bond acceptors (Lipinski definition) is 4. The number of ether oxygens (including phenoxy) is 3. The second-order valence-corrected chi connectivity index (χ2v) is 12.8. The predicted octanol–water partition coefficient (Wildman–Crippen LogP) is 8.85. The maximum atomic E-state index is 15.8. The van der Waals surface area contributed by atoms with Crippen LogP contribution in [-0.4, -0.2) is 33.4 Å². The molecule has 1 atom stereocenters. The van der Waals surface area contributed by atoms with E-state index in [1.165, 1.54) is 6.07 Å². The van der Waals surface area contributed by atoms with Crippen LogP contribution in [0.4, 0.5) is 14.5 Å². The van der Waals surface area contributed by atoms with Gasteiger partial charge in [-0.05, 0) is 64.8 Å². The fraction of sp³-hybridized carbons (Fsp3) is 0.282. The van der Waals surface area contributed by atoms with Gasteiger partial charge in [0.25, 0.3) is 0 Å². The summed E-state index contributed by atoms with van der Waals surface area (Å²) in [6.07, 6.45) is 12.8. The van der Waals surface area contributed by atoms with Crippen molar-refractivity contribution in [1.29, 1.82) is 0 Å². The standard InChI is InChI=1S/C39H35F2NO3/c1-38(2)35-30(20-26(40)21-31(35)41)34-28-22-32(42-16-18-44-19-17-42)33(43-3)23-29(28)37-27(36(34)38)14-15-39(45-37,24-10-6-4-7-11-24)25-12-8-5-9-13-25/h4,6-8,10-15,20-23H,5,9,16-19H2,1-3H3. The second kappa shape index (κ2) is 10.3. The van der Waals surface area contributed by atoms with E-state index in [4.69, 9.17) is 14.2 Å². The number of anilines is 1. The van der Waals surface area contributed by atoms with E-state index in [1.807, 2.05) is 38.1 Å². The van der Waals surface area contributed by atoms with Gasteiger partial charge in [-0.25, -0.2) is 8.78 Å². The first-order valence-electron chi connectivity index (χ1n) is 15.7. The molecule has 2 aliphatic carbocycles. The van der Waals surface area contributed by atoms with E-state index in [2.05, 4.69) is 53.5 Å². The average molecular weight is 604 g/mol. The van der Waals surface area contributed by atoms with Crippen LogP contribution in [-0.2, 0) is 15.8 Å². The van der Waals surface area contributed by atoms with Crippen LogP contribution in [0.25, 0.3) is 28.0 Å². The normalized spacial score (nSPS) is 21.2. The summed E-state index contributed by atoms with van der Waals surface area (Å²) in [5.41, 5.74) is 5.16. The van der Waals surface area contributed by atoms with Crippen LogP contribution < -0.4 is 14.4 Å². The molecule has 4 aromatic rings. The highest BCUT2D eigenvalue weighted by Crippen LogP contribution is 2.59. The minimum absolute atomic E-state index is 0.503. The van der Waals surface area contributed by atoms with Gasteiger partial charge in [0.05, 0.1) is 26.0 Å². The zero-order valence-corrected chi connectivity index (χ0v) is 25.8. The zero-order chi connectivity index (χ0) is 30.9. The molecule has 0 spiro atoms. The number of allylic oxidation sites excluding steroid dienone is 2. The van der Waals surface area contributed by atoms with Gasteiger partial charge < -0.3 is 19.1 Å². The topological polar surface area (TPSA) is 30.9 Å². The SMILES string of the molecule is COc1cc2c3c(c4c(c2cc1N1CCOCC1)-c1cc(F)cc(F)c1C4(C)C)C=CC(C1=CCCC=C1)(c1ccccc1)O3. The number of nitrogens with zero attached hydrogens (tertiary/aromatic N) is 1. The van der Waals surface area contributed by atoms with Crippen LogP contribution in [0, 0.1) is 11.6 Å². The number of morpholine rings is 1. The first-order valence-corrected chi connectivity index (χ1v) is 15.7. The highest BCUT2D eigenvalue weighted by molar-refractivity contribution is 6.10. The van der Waals surface area contributed by atoms with Crippen molar-refractivity contribution in [3.05, 3.63) is 118 Å². The van der Waals surface area contributed by atoms with Crippen LogP contribution in [0.15, 0.2) is 84.5 Å². The molecular weight excluding hydrogens is 568 g/mol. The van der Waals surface area contributed by atoms with Gasteiger partial charge >= 0.3 is 0 Å². The molecule has 2 heterocycles. The van der Waals surface area contributed by atoms with Crippen molar-refractivity contribution in [3.63, 3.8) is 0 Å². The van der Waals surface area contributed by atoms with E-state index >= 15 is 4.39 Å². The van der Waals surface area contributed by atoms with E-state index in [0.717, 1.165) is 82.0 Å². The summed E-state index contributed by atoms with van der Waals surface area (Å²) in [7, 11) is 1.68. The fourth-order valence-electron chi connectivity index (χ4n) is 7.88. The van der Waals surface area contributed by atoms with Crippen molar-refractivity contribution in [2.75, 3.05) is 38.3 Å². The Hall–Kier alpha value is -4.42. The average Bonchev–Trinajstić information content (AvgIpc) is 3.31. The Bertz CT molecular complexity index is 1950. The minimum Gasteiger partial charge on any atom is -0.495 e. The Morgan fingerprint density at radius 2 is 1.69 bits per heavy atom. The number of methoxy groups -OCH3 is 1. The minimum atomic E-state index is -0.866. The van der Waals surface area contributed by atoms with E-state index in [0.29, 0.717) is 30.1 Å². The van der Waals surface area contributed by atoms with Gasteiger partial charge in [-0.15, -0.1) is 0 Å². The third kappa shape index (κ3) is 4.11. The lowest BCUT2D eigenvalue weighted by atomic mass is 9.76. The number of fused-ring (bicyclic) bond motifs is 8. The van der Waals surface area contributed by atoms with Gasteiger partial charge in [-0.3, -0.25) is 0 Å². The molecule has 0 aromatic heterocycles. The molecule has 4 nitrogen and oxygen atoms in total. The molecule has 1 unspecified atom stereocenters. The maximum absolute atomic E-state index is 15.8. The number of benzene rings is 4. The van der Waals surface area contributed by atoms with Crippen LogP contribution >= 0.6 is 0 Å². The van der Waals surface area contributed by atoms with Crippen LogP contribution in [0.3, 0.4) is 0 Å². The summed E-state index contributed by atoms with van der Waals surface area (Å²) < 4.78 is 49.8. The van der Waals surface area contributed by atoms with Crippen LogP contribution in [0.5, 0.6) is 11.5 Å². The van der Waals surface area contributed by atoms with Gasteiger partial charge in [0.2, 0.25) is 0 Å². The van der Waals surface area contributed by atoms with E-state index in [-0.39, 0.29) is 0 Å². The molecule has 6 heteroatoms. The summed E-state index contributed by atoms with van der Waals surface area (Å²) in [5.74, 6) is 0.304. The molecule has 0 bridgehead atoms. The van der Waals surface area contributed by atoms with Gasteiger partial charge in [-0.1, -0.05) is 68.5 Å². The zero-order valence-electron chi connectivity index (χ0n) is 25.8. The smallest absolute Gasteiger partial charge is 0.177 e. The fourth-order valence-corrected chi connectivity index (χ4v) is 7.88. The van der Waals surface area contributed by atoms with Gasteiger partial charge in [-0.2, -0.15) is 0 Å². The number of hydrogen-bond donors (Lipinski definition) is 0. The van der Waals surface area contributed by atoms with E-state index < -0.39 is 22.7 Å². The number of halogens is 2. The largest absolute Gasteiger partial charge is 0.495 e. The van der Waals surface area contributed by atoms with Crippen molar-refractivity contribution in [3.8, 4) is 22.6 Å². The Balaban J connectivity index is 1.48. The molecule has 1 fully saturated rings.